The van der Waals surface area contributed by atoms with Gasteiger partial charge in [0.05, 0.1) is 16.9 Å². The van der Waals surface area contributed by atoms with Crippen molar-refractivity contribution in [3.8, 4) is 5.75 Å². The number of aromatic hydroxyl groups is 1. The Labute approximate surface area is 229 Å². The third kappa shape index (κ3) is 5.85. The minimum absolute atomic E-state index is 0.0351. The molecule has 0 heterocycles. The van der Waals surface area contributed by atoms with Crippen LogP contribution in [0.15, 0.2) is 78.3 Å². The van der Waals surface area contributed by atoms with Crippen molar-refractivity contribution in [2.75, 3.05) is 5.73 Å². The molecule has 0 saturated heterocycles. The van der Waals surface area contributed by atoms with Crippen molar-refractivity contribution in [3.05, 3.63) is 48.5 Å². The minimum atomic E-state index is -5.09. The van der Waals surface area contributed by atoms with Gasteiger partial charge in [0.1, 0.15) is 21.2 Å². The number of nitrogens with zero attached hydrogens (tertiary/aromatic N) is 2. The number of nitrogens with two attached hydrogens (primary N) is 1. The number of anilines is 1. The zero-order chi connectivity index (χ0) is 29.6. The number of azo groups is 1. The Morgan fingerprint density at radius 3 is 2.10 bits per heavy atom. The van der Waals surface area contributed by atoms with E-state index in [-0.39, 0.29) is 32.1 Å². The normalized spacial score (nSPS) is 13.0. The summed E-state index contributed by atoms with van der Waals surface area (Å²) in [7, 11) is -14.8. The Bertz CT molecular complexity index is 2050. The molecular formula is C20H15N3O13S4. The summed E-state index contributed by atoms with van der Waals surface area (Å²) in [4.78, 5) is -2.21. The highest BCUT2D eigenvalue weighted by Crippen LogP contribution is 2.45. The summed E-state index contributed by atoms with van der Waals surface area (Å²) in [6.45, 7) is 0. The number of rotatable bonds is 8. The van der Waals surface area contributed by atoms with Crippen LogP contribution in [0.1, 0.15) is 0 Å². The van der Waals surface area contributed by atoms with E-state index in [0.717, 1.165) is 30.3 Å². The first-order valence-corrected chi connectivity index (χ1v) is 15.2. The minimum Gasteiger partial charge on any atom is -0.505 e. The molecule has 0 saturated carbocycles. The summed E-state index contributed by atoms with van der Waals surface area (Å²) in [6, 6.07) is 8.30. The molecule has 40 heavy (non-hydrogen) atoms. The first kappa shape index (κ1) is 29.5. The van der Waals surface area contributed by atoms with Crippen LogP contribution in [0.4, 0.5) is 17.1 Å². The van der Waals surface area contributed by atoms with Gasteiger partial charge in [-0.1, -0.05) is 17.2 Å². The zero-order valence-electron chi connectivity index (χ0n) is 19.2. The molecule has 0 radical (unpaired) electrons. The van der Waals surface area contributed by atoms with Gasteiger partial charge in [0, 0.05) is 21.4 Å². The Morgan fingerprint density at radius 1 is 0.800 bits per heavy atom. The van der Waals surface area contributed by atoms with Gasteiger partial charge in [-0.2, -0.15) is 25.3 Å². The van der Waals surface area contributed by atoms with Gasteiger partial charge in [-0.25, -0.2) is 5.26 Å². The maximum Gasteiger partial charge on any atom is 0.297 e. The van der Waals surface area contributed by atoms with Crippen molar-refractivity contribution in [2.45, 2.75) is 19.6 Å². The van der Waals surface area contributed by atoms with E-state index in [1.807, 2.05) is 0 Å². The molecule has 4 rings (SSSR count). The second-order valence-corrected chi connectivity index (χ2v) is 12.8. The van der Waals surface area contributed by atoms with Gasteiger partial charge >= 0.3 is 0 Å². The predicted molar refractivity (Wildman–Crippen MR) is 138 cm³/mol. The lowest BCUT2D eigenvalue weighted by molar-refractivity contribution is -0.432. The summed E-state index contributed by atoms with van der Waals surface area (Å²) in [5, 5.41) is 29.5. The highest BCUT2D eigenvalue weighted by molar-refractivity contribution is 7.94. The molecule has 0 aliphatic carbocycles. The standard InChI is InChI=1S/C20H15N3O13S4/c21-14-8-11(37-36-35-25)5-10-7-16(39(29,30)31)18(19(24)17(10)14)23-22-15-4-1-9-6-12(38(26,27)28)2-3-13(9)20(15)40(32,33)34/h1-8,24-25H,21H2,(H,26,27,28)(H,29,30,31)(H,32,33,34). The molecule has 212 valence electrons. The lowest BCUT2D eigenvalue weighted by atomic mass is 10.1. The van der Waals surface area contributed by atoms with Crippen molar-refractivity contribution in [2.24, 2.45) is 10.2 Å². The lowest BCUT2D eigenvalue weighted by Crippen LogP contribution is -2.02. The first-order valence-electron chi connectivity index (χ1n) is 10.2. The first-order chi connectivity index (χ1) is 18.5. The number of fused-ring (bicyclic) bond motifs is 2. The van der Waals surface area contributed by atoms with Crippen LogP contribution in [-0.4, -0.2) is 49.3 Å². The van der Waals surface area contributed by atoms with Gasteiger partial charge in [0.25, 0.3) is 30.4 Å². The molecule has 0 unspecified atom stereocenters. The van der Waals surface area contributed by atoms with Crippen LogP contribution in [-0.2, 0) is 39.7 Å². The number of hydrogen-bond donors (Lipinski definition) is 6. The highest BCUT2D eigenvalue weighted by atomic mass is 32.2. The van der Waals surface area contributed by atoms with Crippen molar-refractivity contribution < 1.29 is 58.6 Å². The highest BCUT2D eigenvalue weighted by Gasteiger charge is 2.25. The fourth-order valence-electron chi connectivity index (χ4n) is 3.77. The topological polar surface area (TPSA) is 273 Å². The van der Waals surface area contributed by atoms with Crippen molar-refractivity contribution in [3.63, 3.8) is 0 Å². The van der Waals surface area contributed by atoms with Crippen molar-refractivity contribution in [1.82, 2.24) is 0 Å². The van der Waals surface area contributed by atoms with Crippen LogP contribution < -0.4 is 5.73 Å². The summed E-state index contributed by atoms with van der Waals surface area (Å²) in [5.41, 5.74) is 4.40. The van der Waals surface area contributed by atoms with Gasteiger partial charge in [-0.15, -0.1) is 14.6 Å². The maximum absolute atomic E-state index is 12.2. The number of benzene rings is 4. The molecule has 0 aromatic heterocycles. The molecule has 4 aromatic rings. The lowest BCUT2D eigenvalue weighted by Gasteiger charge is -2.12. The maximum atomic E-state index is 12.2. The van der Waals surface area contributed by atoms with Crippen LogP contribution >= 0.6 is 12.0 Å². The van der Waals surface area contributed by atoms with Crippen LogP contribution in [0.25, 0.3) is 21.5 Å². The molecule has 0 atom stereocenters. The van der Waals surface area contributed by atoms with Crippen LogP contribution in [0.3, 0.4) is 0 Å². The van der Waals surface area contributed by atoms with Gasteiger partial charge in [-0.05, 0) is 47.2 Å². The van der Waals surface area contributed by atoms with E-state index in [9.17, 15) is 44.0 Å². The SMILES string of the molecule is Nc1cc(SOOO)cc2cc(S(=O)(=O)O)c(N=Nc3ccc4cc(S(=O)(=O)O)ccc4c3S(=O)(=O)O)c(O)c12. The second-order valence-electron chi connectivity index (χ2n) is 7.83. The largest absolute Gasteiger partial charge is 0.505 e. The zero-order valence-corrected chi connectivity index (χ0v) is 22.5. The third-order valence-corrected chi connectivity index (χ3v) is 8.55. The Kier molecular flexibility index (Phi) is 7.76. The Hall–Kier alpha value is -3.44. The molecule has 0 bridgehead atoms. The summed E-state index contributed by atoms with van der Waals surface area (Å²) >= 11 is 0.472. The van der Waals surface area contributed by atoms with Crippen molar-refractivity contribution in [1.29, 1.82) is 0 Å². The van der Waals surface area contributed by atoms with Crippen LogP contribution in [0.2, 0.25) is 0 Å². The van der Waals surface area contributed by atoms with Gasteiger partial charge in [-0.3, -0.25) is 13.7 Å². The molecule has 0 aliphatic heterocycles. The predicted octanol–water partition coefficient (Wildman–Crippen LogP) is 3.86. The molecule has 16 nitrogen and oxygen atoms in total. The van der Waals surface area contributed by atoms with E-state index in [4.69, 9.17) is 11.0 Å². The molecule has 4 aromatic carbocycles. The molecule has 0 aliphatic rings. The van der Waals surface area contributed by atoms with E-state index in [1.54, 1.807) is 0 Å². The molecular weight excluding hydrogens is 618 g/mol. The average molecular weight is 634 g/mol. The average Bonchev–Trinajstić information content (AvgIpc) is 2.83. The van der Waals surface area contributed by atoms with Gasteiger partial charge in [0.2, 0.25) is 0 Å². The molecule has 20 heteroatoms. The quantitative estimate of drug-likeness (QED) is 0.0401. The van der Waals surface area contributed by atoms with Crippen molar-refractivity contribution >= 4 is 81.0 Å². The molecule has 0 fully saturated rings. The number of nitrogen functional groups attached to an aromatic ring is 1. The smallest absolute Gasteiger partial charge is 0.297 e. The van der Waals surface area contributed by atoms with E-state index < -0.39 is 62.2 Å². The van der Waals surface area contributed by atoms with Crippen LogP contribution in [0, 0.1) is 0 Å². The van der Waals surface area contributed by atoms with E-state index in [0.29, 0.717) is 12.0 Å². The monoisotopic (exact) mass is 633 g/mol. The van der Waals surface area contributed by atoms with Gasteiger partial charge < -0.3 is 10.8 Å². The Morgan fingerprint density at radius 2 is 1.50 bits per heavy atom. The van der Waals surface area contributed by atoms with Gasteiger partial charge in [0.15, 0.2) is 5.75 Å². The second kappa shape index (κ2) is 10.5. The van der Waals surface area contributed by atoms with E-state index in [2.05, 4.69) is 19.6 Å². The summed E-state index contributed by atoms with van der Waals surface area (Å²) < 4.78 is 105. The third-order valence-electron chi connectivity index (χ3n) is 5.33. The summed E-state index contributed by atoms with van der Waals surface area (Å²) in [6.07, 6.45) is 0. The number of phenols is 1. The number of hydrogen-bond acceptors (Lipinski definition) is 14. The molecule has 0 amide bonds. The molecule has 0 spiro atoms. The van der Waals surface area contributed by atoms with E-state index in [1.165, 1.54) is 18.2 Å². The fraction of sp³-hybridized carbons (Fsp3) is 0. The fourth-order valence-corrected chi connectivity index (χ4v) is 6.24. The summed E-state index contributed by atoms with van der Waals surface area (Å²) in [5.74, 6) is -0.880. The Balaban J connectivity index is 1.97. The van der Waals surface area contributed by atoms with Crippen LogP contribution in [0.5, 0.6) is 5.75 Å². The van der Waals surface area contributed by atoms with E-state index >= 15 is 0 Å². The molecule has 7 N–H and O–H groups in total. The number of phenolic OH excluding ortho intramolecular Hbond substituents is 1.